The van der Waals surface area contributed by atoms with Crippen molar-refractivity contribution in [2.24, 2.45) is 5.41 Å². The summed E-state index contributed by atoms with van der Waals surface area (Å²) in [5.74, 6) is 0.869. The van der Waals surface area contributed by atoms with Crippen LogP contribution in [0.25, 0.3) is 0 Å². The van der Waals surface area contributed by atoms with Gasteiger partial charge in [0.05, 0.1) is 12.1 Å². The molecule has 1 aromatic rings. The molecule has 4 nitrogen and oxygen atoms in total. The highest BCUT2D eigenvalue weighted by Gasteiger charge is 2.34. The van der Waals surface area contributed by atoms with Crippen molar-refractivity contribution in [3.8, 4) is 12.1 Å². The number of nitrogens with zero attached hydrogens (tertiary/aromatic N) is 2. The zero-order valence-electron chi connectivity index (χ0n) is 10.7. The van der Waals surface area contributed by atoms with Gasteiger partial charge in [-0.15, -0.1) is 0 Å². The molecule has 1 aromatic heterocycles. The van der Waals surface area contributed by atoms with Crippen molar-refractivity contribution in [1.29, 1.82) is 10.5 Å². The molecule has 4 heteroatoms. The molecule has 0 amide bonds. The van der Waals surface area contributed by atoms with Gasteiger partial charge in [0.15, 0.2) is 5.76 Å². The van der Waals surface area contributed by atoms with Crippen LogP contribution in [-0.4, -0.2) is 5.78 Å². The molecule has 1 heterocycles. The molecule has 0 aromatic carbocycles. The standard InChI is InChI=1S/C14H16N2O2/c1-11-5-6-12(18-11)13(17)14(2,7-3-9-15)8-4-10-16/h5-6H,3-4,7-8H2,1-2H3. The fourth-order valence-electron chi connectivity index (χ4n) is 1.87. The Kier molecular flexibility index (Phi) is 4.68. The highest BCUT2D eigenvalue weighted by Crippen LogP contribution is 2.33. The molecular formula is C14H16N2O2. The van der Waals surface area contributed by atoms with E-state index in [-0.39, 0.29) is 5.78 Å². The summed E-state index contributed by atoms with van der Waals surface area (Å²) >= 11 is 0. The minimum Gasteiger partial charge on any atom is -0.458 e. The molecule has 0 fully saturated rings. The molecule has 0 spiro atoms. The summed E-state index contributed by atoms with van der Waals surface area (Å²) in [5, 5.41) is 17.3. The van der Waals surface area contributed by atoms with E-state index in [0.717, 1.165) is 0 Å². The second kappa shape index (κ2) is 6.02. The van der Waals surface area contributed by atoms with Crippen molar-refractivity contribution in [2.45, 2.75) is 39.5 Å². The highest BCUT2D eigenvalue weighted by molar-refractivity contribution is 5.98. The molecule has 0 saturated carbocycles. The summed E-state index contributed by atoms with van der Waals surface area (Å²) in [7, 11) is 0. The van der Waals surface area contributed by atoms with Crippen molar-refractivity contribution < 1.29 is 9.21 Å². The number of rotatable bonds is 6. The molecule has 0 radical (unpaired) electrons. The first-order valence-corrected chi connectivity index (χ1v) is 5.88. The molecule has 0 aliphatic rings. The summed E-state index contributed by atoms with van der Waals surface area (Å²) in [6.45, 7) is 3.57. The van der Waals surface area contributed by atoms with Crippen molar-refractivity contribution >= 4 is 5.78 Å². The first-order chi connectivity index (χ1) is 8.53. The molecule has 0 unspecified atom stereocenters. The number of Topliss-reactive ketones (excluding diaryl/α,β-unsaturated/α-hetero) is 1. The summed E-state index contributed by atoms with van der Waals surface area (Å²) < 4.78 is 5.34. The second-order valence-electron chi connectivity index (χ2n) is 4.62. The van der Waals surface area contributed by atoms with Crippen LogP contribution in [0.2, 0.25) is 0 Å². The number of hydrogen-bond donors (Lipinski definition) is 0. The van der Waals surface area contributed by atoms with E-state index in [1.165, 1.54) is 0 Å². The van der Waals surface area contributed by atoms with Crippen LogP contribution < -0.4 is 0 Å². The van der Waals surface area contributed by atoms with E-state index in [2.05, 4.69) is 0 Å². The number of carbonyl (C=O) groups is 1. The molecular weight excluding hydrogens is 228 g/mol. The van der Waals surface area contributed by atoms with Crippen LogP contribution in [0.3, 0.4) is 0 Å². The molecule has 0 bridgehead atoms. The van der Waals surface area contributed by atoms with Gasteiger partial charge in [0.2, 0.25) is 5.78 Å². The molecule has 18 heavy (non-hydrogen) atoms. The number of hydrogen-bond acceptors (Lipinski definition) is 4. The summed E-state index contributed by atoms with van der Waals surface area (Å²) in [6.07, 6.45) is 1.49. The summed E-state index contributed by atoms with van der Waals surface area (Å²) in [4.78, 5) is 12.4. The predicted octanol–water partition coefficient (Wildman–Crippen LogP) is 3.38. The van der Waals surface area contributed by atoms with E-state index in [1.807, 2.05) is 12.1 Å². The summed E-state index contributed by atoms with van der Waals surface area (Å²) in [5.41, 5.74) is -0.699. The van der Waals surface area contributed by atoms with Gasteiger partial charge < -0.3 is 4.42 Å². The number of carbonyl (C=O) groups excluding carboxylic acids is 1. The fraction of sp³-hybridized carbons (Fsp3) is 0.500. The molecule has 0 atom stereocenters. The lowest BCUT2D eigenvalue weighted by Crippen LogP contribution is -2.27. The molecule has 0 aliphatic carbocycles. The first-order valence-electron chi connectivity index (χ1n) is 5.88. The van der Waals surface area contributed by atoms with Gasteiger partial charge in [0.1, 0.15) is 5.76 Å². The quantitative estimate of drug-likeness (QED) is 0.718. The van der Waals surface area contributed by atoms with Gasteiger partial charge >= 0.3 is 0 Å². The van der Waals surface area contributed by atoms with E-state index < -0.39 is 5.41 Å². The average molecular weight is 244 g/mol. The monoisotopic (exact) mass is 244 g/mol. The van der Waals surface area contributed by atoms with E-state index in [9.17, 15) is 4.79 Å². The Morgan fingerprint density at radius 1 is 1.28 bits per heavy atom. The molecule has 0 N–H and O–H groups in total. The predicted molar refractivity (Wildman–Crippen MR) is 65.6 cm³/mol. The Balaban J connectivity index is 2.92. The van der Waals surface area contributed by atoms with Crippen LogP contribution in [0.5, 0.6) is 0 Å². The zero-order valence-corrected chi connectivity index (χ0v) is 10.7. The molecule has 0 saturated heterocycles. The van der Waals surface area contributed by atoms with Crippen LogP contribution >= 0.6 is 0 Å². The van der Waals surface area contributed by atoms with Gasteiger partial charge in [-0.05, 0) is 31.9 Å². The Bertz CT molecular complexity index is 485. The van der Waals surface area contributed by atoms with Crippen molar-refractivity contribution in [3.63, 3.8) is 0 Å². The van der Waals surface area contributed by atoms with Gasteiger partial charge in [-0.1, -0.05) is 6.92 Å². The topological polar surface area (TPSA) is 77.8 Å². The SMILES string of the molecule is Cc1ccc(C(=O)C(C)(CCC#N)CCC#N)o1. The minimum atomic E-state index is -0.699. The Labute approximate surface area is 107 Å². The normalized spacial score (nSPS) is 10.7. The van der Waals surface area contributed by atoms with Crippen LogP contribution in [-0.2, 0) is 0 Å². The maximum absolute atomic E-state index is 12.4. The molecule has 1 rings (SSSR count). The van der Waals surface area contributed by atoms with Gasteiger partial charge in [-0.25, -0.2) is 0 Å². The average Bonchev–Trinajstić information content (AvgIpc) is 2.79. The number of nitriles is 2. The van der Waals surface area contributed by atoms with Gasteiger partial charge in [0.25, 0.3) is 0 Å². The van der Waals surface area contributed by atoms with Gasteiger partial charge in [-0.3, -0.25) is 4.79 Å². The third-order valence-corrected chi connectivity index (χ3v) is 3.09. The smallest absolute Gasteiger partial charge is 0.203 e. The molecule has 94 valence electrons. The third kappa shape index (κ3) is 3.21. The van der Waals surface area contributed by atoms with E-state index >= 15 is 0 Å². The van der Waals surface area contributed by atoms with E-state index in [4.69, 9.17) is 14.9 Å². The lowest BCUT2D eigenvalue weighted by molar-refractivity contribution is 0.0759. The fourth-order valence-corrected chi connectivity index (χ4v) is 1.87. The first kappa shape index (κ1) is 14.0. The zero-order chi connectivity index (χ0) is 13.6. The van der Waals surface area contributed by atoms with Gasteiger partial charge in [0, 0.05) is 18.3 Å². The van der Waals surface area contributed by atoms with Crippen LogP contribution in [0.15, 0.2) is 16.5 Å². The number of aryl methyl sites for hydroxylation is 1. The largest absolute Gasteiger partial charge is 0.458 e. The maximum Gasteiger partial charge on any atom is 0.203 e. The Morgan fingerprint density at radius 3 is 2.22 bits per heavy atom. The minimum absolute atomic E-state index is 0.124. The van der Waals surface area contributed by atoms with Crippen molar-refractivity contribution in [1.82, 2.24) is 0 Å². The highest BCUT2D eigenvalue weighted by atomic mass is 16.3. The maximum atomic E-state index is 12.4. The molecule has 0 aliphatic heterocycles. The van der Waals surface area contributed by atoms with E-state index in [0.29, 0.717) is 37.2 Å². The number of furan rings is 1. The second-order valence-corrected chi connectivity index (χ2v) is 4.62. The van der Waals surface area contributed by atoms with Crippen LogP contribution in [0.4, 0.5) is 0 Å². The lowest BCUT2D eigenvalue weighted by atomic mass is 9.76. The van der Waals surface area contributed by atoms with Crippen molar-refractivity contribution in [2.75, 3.05) is 0 Å². The van der Waals surface area contributed by atoms with Crippen LogP contribution in [0.1, 0.15) is 48.9 Å². The van der Waals surface area contributed by atoms with Crippen molar-refractivity contribution in [3.05, 3.63) is 23.7 Å². The third-order valence-electron chi connectivity index (χ3n) is 3.09. The van der Waals surface area contributed by atoms with Gasteiger partial charge in [-0.2, -0.15) is 10.5 Å². The number of ketones is 1. The van der Waals surface area contributed by atoms with Crippen LogP contribution in [0, 0.1) is 35.0 Å². The van der Waals surface area contributed by atoms with E-state index in [1.54, 1.807) is 26.0 Å². The Morgan fingerprint density at radius 2 is 1.83 bits per heavy atom. The summed E-state index contributed by atoms with van der Waals surface area (Å²) in [6, 6.07) is 7.48. The lowest BCUT2D eigenvalue weighted by Gasteiger charge is -2.25. The Hall–Kier alpha value is -2.07.